The second kappa shape index (κ2) is 10.7. The number of carbonyl (C=O) groups excluding carboxylic acids is 1. The van der Waals surface area contributed by atoms with Gasteiger partial charge in [-0.3, -0.25) is 4.79 Å². The van der Waals surface area contributed by atoms with Crippen LogP contribution in [0.15, 0.2) is 48.5 Å². The highest BCUT2D eigenvalue weighted by molar-refractivity contribution is 6.30. The van der Waals surface area contributed by atoms with E-state index in [4.69, 9.17) is 32.7 Å². The maximum atomic E-state index is 12.0. The average Bonchev–Trinajstić information content (AvgIpc) is 2.66. The Morgan fingerprint density at radius 3 is 2.11 bits per heavy atom. The van der Waals surface area contributed by atoms with Crippen molar-refractivity contribution >= 4 is 29.0 Å². The Bertz CT molecular complexity index is 743. The lowest BCUT2D eigenvalue weighted by atomic mass is 9.93. The quantitative estimate of drug-likeness (QED) is 0.471. The molecule has 1 aliphatic heterocycles. The molecule has 6 heteroatoms. The van der Waals surface area contributed by atoms with Gasteiger partial charge in [0.2, 0.25) is 0 Å². The number of ketones is 1. The van der Waals surface area contributed by atoms with Gasteiger partial charge < -0.3 is 14.4 Å². The summed E-state index contributed by atoms with van der Waals surface area (Å²) in [5.41, 5.74) is 0. The molecule has 0 radical (unpaired) electrons. The van der Waals surface area contributed by atoms with Crippen molar-refractivity contribution in [1.82, 2.24) is 4.90 Å². The number of benzene rings is 2. The lowest BCUT2D eigenvalue weighted by Gasteiger charge is -2.39. The molecule has 0 aliphatic carbocycles. The number of rotatable bonds is 11. The van der Waals surface area contributed by atoms with Crippen LogP contribution in [0, 0.1) is 5.92 Å². The molecule has 0 spiro atoms. The van der Waals surface area contributed by atoms with Gasteiger partial charge in [-0.1, -0.05) is 23.2 Å². The number of hydrogen-bond donors (Lipinski definition) is 0. The number of hydrogen-bond acceptors (Lipinski definition) is 4. The van der Waals surface area contributed by atoms with Crippen molar-refractivity contribution < 1.29 is 14.3 Å². The lowest BCUT2D eigenvalue weighted by molar-refractivity contribution is -0.121. The van der Waals surface area contributed by atoms with E-state index in [0.29, 0.717) is 34.7 Å². The van der Waals surface area contributed by atoms with E-state index in [0.717, 1.165) is 38.2 Å². The molecule has 0 bridgehead atoms. The molecular formula is C22H25Cl2NO3. The summed E-state index contributed by atoms with van der Waals surface area (Å²) in [6, 6.07) is 14.5. The molecule has 1 fully saturated rings. The lowest BCUT2D eigenvalue weighted by Crippen LogP contribution is -2.47. The first kappa shape index (κ1) is 21.0. The molecule has 0 amide bonds. The van der Waals surface area contributed by atoms with Crippen molar-refractivity contribution in [2.45, 2.75) is 19.3 Å². The van der Waals surface area contributed by atoms with Crippen LogP contribution in [0.2, 0.25) is 10.0 Å². The highest BCUT2D eigenvalue weighted by Crippen LogP contribution is 2.21. The van der Waals surface area contributed by atoms with Gasteiger partial charge >= 0.3 is 0 Å². The largest absolute Gasteiger partial charge is 0.494 e. The second-order valence-electron chi connectivity index (χ2n) is 7.10. The monoisotopic (exact) mass is 421 g/mol. The minimum atomic E-state index is 0.125. The Hall–Kier alpha value is -1.75. The summed E-state index contributed by atoms with van der Waals surface area (Å²) in [5, 5.41) is 1.37. The zero-order valence-corrected chi connectivity index (χ0v) is 17.3. The molecule has 0 N–H and O–H groups in total. The van der Waals surface area contributed by atoms with E-state index in [1.54, 1.807) is 24.3 Å². The van der Waals surface area contributed by atoms with Gasteiger partial charge in [0, 0.05) is 36.1 Å². The number of ether oxygens (including phenoxy) is 2. The van der Waals surface area contributed by atoms with Gasteiger partial charge in [0.1, 0.15) is 18.1 Å². The van der Waals surface area contributed by atoms with Crippen LogP contribution in [0.4, 0.5) is 0 Å². The standard InChI is InChI=1S/C22H25Cl2NO3/c23-18-3-8-21(9-4-18)27-13-1-12-25-14-17(15-25)2-7-20(26)16-28-22-10-5-19(24)6-11-22/h3-6,8-11,17H,1-2,7,12-16H2. The summed E-state index contributed by atoms with van der Waals surface area (Å²) in [7, 11) is 0. The van der Waals surface area contributed by atoms with E-state index in [1.807, 2.05) is 24.3 Å². The zero-order chi connectivity index (χ0) is 19.8. The fourth-order valence-electron chi connectivity index (χ4n) is 3.18. The molecular weight excluding hydrogens is 397 g/mol. The SMILES string of the molecule is O=C(CCC1CN(CCCOc2ccc(Cl)cc2)C1)COc1ccc(Cl)cc1. The van der Waals surface area contributed by atoms with Crippen LogP contribution >= 0.6 is 23.2 Å². The van der Waals surface area contributed by atoms with Gasteiger partial charge in [-0.2, -0.15) is 0 Å². The van der Waals surface area contributed by atoms with Crippen LogP contribution in [-0.2, 0) is 4.79 Å². The van der Waals surface area contributed by atoms with Crippen molar-refractivity contribution in [1.29, 1.82) is 0 Å². The molecule has 1 heterocycles. The van der Waals surface area contributed by atoms with E-state index in [1.165, 1.54) is 0 Å². The predicted octanol–water partition coefficient (Wildman–Crippen LogP) is 5.12. The van der Waals surface area contributed by atoms with Gasteiger partial charge in [0.15, 0.2) is 5.78 Å². The maximum absolute atomic E-state index is 12.0. The molecule has 4 nitrogen and oxygen atoms in total. The van der Waals surface area contributed by atoms with Crippen LogP contribution in [0.25, 0.3) is 0 Å². The third-order valence-corrected chi connectivity index (χ3v) is 5.28. The Kier molecular flexibility index (Phi) is 8.01. The fourth-order valence-corrected chi connectivity index (χ4v) is 3.43. The summed E-state index contributed by atoms with van der Waals surface area (Å²) in [6.45, 7) is 3.97. The third kappa shape index (κ3) is 7.01. The normalized spacial score (nSPS) is 14.5. The molecule has 2 aromatic rings. The molecule has 3 rings (SSSR count). The van der Waals surface area contributed by atoms with Gasteiger partial charge in [-0.15, -0.1) is 0 Å². The molecule has 28 heavy (non-hydrogen) atoms. The number of carbonyl (C=O) groups is 1. The number of likely N-dealkylation sites (tertiary alicyclic amines) is 1. The van der Waals surface area contributed by atoms with Crippen molar-refractivity contribution in [2.24, 2.45) is 5.92 Å². The minimum Gasteiger partial charge on any atom is -0.494 e. The van der Waals surface area contributed by atoms with Crippen LogP contribution < -0.4 is 9.47 Å². The molecule has 1 saturated heterocycles. The number of halogens is 2. The molecule has 1 aliphatic rings. The number of nitrogens with zero attached hydrogens (tertiary/aromatic N) is 1. The summed E-state index contributed by atoms with van der Waals surface area (Å²) >= 11 is 11.7. The molecule has 0 saturated carbocycles. The van der Waals surface area contributed by atoms with E-state index >= 15 is 0 Å². The Balaban J connectivity index is 1.20. The fraction of sp³-hybridized carbons (Fsp3) is 0.409. The highest BCUT2D eigenvalue weighted by Gasteiger charge is 2.26. The Morgan fingerprint density at radius 2 is 1.50 bits per heavy atom. The van der Waals surface area contributed by atoms with Gasteiger partial charge in [-0.05, 0) is 67.3 Å². The van der Waals surface area contributed by atoms with Crippen LogP contribution in [0.3, 0.4) is 0 Å². The predicted molar refractivity (Wildman–Crippen MR) is 113 cm³/mol. The summed E-state index contributed by atoms with van der Waals surface area (Å²) in [4.78, 5) is 14.4. The van der Waals surface area contributed by atoms with Gasteiger partial charge in [0.05, 0.1) is 6.61 Å². The minimum absolute atomic E-state index is 0.125. The molecule has 0 atom stereocenters. The topological polar surface area (TPSA) is 38.8 Å². The Morgan fingerprint density at radius 1 is 0.929 bits per heavy atom. The zero-order valence-electron chi connectivity index (χ0n) is 15.8. The first-order valence-corrected chi connectivity index (χ1v) is 10.3. The van der Waals surface area contributed by atoms with Crippen LogP contribution in [-0.4, -0.2) is 43.5 Å². The van der Waals surface area contributed by atoms with E-state index < -0.39 is 0 Å². The third-order valence-electron chi connectivity index (χ3n) is 4.78. The van der Waals surface area contributed by atoms with Crippen LogP contribution in [0.5, 0.6) is 11.5 Å². The first-order chi connectivity index (χ1) is 13.6. The number of Topliss-reactive ketones (excluding diaryl/α,β-unsaturated/α-hetero) is 1. The molecule has 0 aromatic heterocycles. The second-order valence-corrected chi connectivity index (χ2v) is 7.97. The summed E-state index contributed by atoms with van der Waals surface area (Å²) in [5.74, 6) is 2.28. The maximum Gasteiger partial charge on any atom is 0.170 e. The molecule has 0 unspecified atom stereocenters. The van der Waals surface area contributed by atoms with Crippen molar-refractivity contribution in [3.05, 3.63) is 58.6 Å². The van der Waals surface area contributed by atoms with E-state index in [2.05, 4.69) is 4.90 Å². The first-order valence-electron chi connectivity index (χ1n) is 9.59. The summed E-state index contributed by atoms with van der Waals surface area (Å²) < 4.78 is 11.2. The summed E-state index contributed by atoms with van der Waals surface area (Å²) in [6.07, 6.45) is 2.50. The average molecular weight is 422 g/mol. The van der Waals surface area contributed by atoms with Crippen LogP contribution in [0.1, 0.15) is 19.3 Å². The van der Waals surface area contributed by atoms with Crippen molar-refractivity contribution in [3.8, 4) is 11.5 Å². The van der Waals surface area contributed by atoms with Gasteiger partial charge in [-0.25, -0.2) is 0 Å². The van der Waals surface area contributed by atoms with E-state index in [-0.39, 0.29) is 12.4 Å². The van der Waals surface area contributed by atoms with E-state index in [9.17, 15) is 4.79 Å². The van der Waals surface area contributed by atoms with Gasteiger partial charge in [0.25, 0.3) is 0 Å². The molecule has 2 aromatic carbocycles. The molecule has 150 valence electrons. The highest BCUT2D eigenvalue weighted by atomic mass is 35.5. The van der Waals surface area contributed by atoms with Crippen molar-refractivity contribution in [3.63, 3.8) is 0 Å². The Labute approximate surface area is 176 Å². The smallest absolute Gasteiger partial charge is 0.170 e. The van der Waals surface area contributed by atoms with Crippen molar-refractivity contribution in [2.75, 3.05) is 32.8 Å².